The number of furan rings is 1. The van der Waals surface area contributed by atoms with Crippen LogP contribution in [0.1, 0.15) is 30.8 Å². The van der Waals surface area contributed by atoms with E-state index in [9.17, 15) is 18.0 Å². The fraction of sp³-hybridized carbons (Fsp3) is 0.353. The molecule has 0 saturated heterocycles. The van der Waals surface area contributed by atoms with Gasteiger partial charge >= 0.3 is 0 Å². The number of rotatable bonds is 6. The van der Waals surface area contributed by atoms with Gasteiger partial charge in [-0.2, -0.15) is 0 Å². The van der Waals surface area contributed by atoms with Crippen molar-refractivity contribution in [3.05, 3.63) is 53.2 Å². The normalized spacial score (nSPS) is 19.3. The molecule has 0 aliphatic heterocycles. The van der Waals surface area contributed by atoms with Gasteiger partial charge in [-0.15, -0.1) is 0 Å². The fourth-order valence-electron chi connectivity index (χ4n) is 2.52. The van der Waals surface area contributed by atoms with Crippen LogP contribution in [0.4, 0.5) is 18.9 Å². The quantitative estimate of drug-likeness (QED) is 0.792. The van der Waals surface area contributed by atoms with Crippen molar-refractivity contribution in [1.82, 2.24) is 5.32 Å². The minimum absolute atomic E-state index is 0.117. The van der Waals surface area contributed by atoms with Gasteiger partial charge in [-0.25, -0.2) is 13.2 Å². The van der Waals surface area contributed by atoms with E-state index in [0.717, 1.165) is 24.3 Å². The van der Waals surface area contributed by atoms with Gasteiger partial charge in [0.2, 0.25) is 5.91 Å². The predicted molar refractivity (Wildman–Crippen MR) is 81.9 cm³/mol. The zero-order chi connectivity index (χ0) is 17.3. The summed E-state index contributed by atoms with van der Waals surface area (Å²) >= 11 is 0. The first-order valence-electron chi connectivity index (χ1n) is 7.68. The van der Waals surface area contributed by atoms with Crippen molar-refractivity contribution in [2.45, 2.75) is 25.8 Å². The van der Waals surface area contributed by atoms with E-state index in [-0.39, 0.29) is 6.54 Å². The molecule has 4 nitrogen and oxygen atoms in total. The van der Waals surface area contributed by atoms with Crippen LogP contribution in [-0.2, 0) is 11.3 Å². The molecule has 1 aliphatic carbocycles. The average Bonchev–Trinajstić information content (AvgIpc) is 3.09. The minimum Gasteiger partial charge on any atom is -0.464 e. The Morgan fingerprint density at radius 1 is 1.21 bits per heavy atom. The summed E-state index contributed by atoms with van der Waals surface area (Å²) in [5.41, 5.74) is -0.399. The van der Waals surface area contributed by atoms with Crippen molar-refractivity contribution in [2.24, 2.45) is 5.92 Å². The van der Waals surface area contributed by atoms with Gasteiger partial charge in [0, 0.05) is 5.92 Å². The Bertz CT molecular complexity index is 760. The van der Waals surface area contributed by atoms with Crippen LogP contribution in [0.15, 0.2) is 28.7 Å². The van der Waals surface area contributed by atoms with Crippen molar-refractivity contribution in [2.75, 3.05) is 11.9 Å². The highest BCUT2D eigenvalue weighted by atomic mass is 19.2. The van der Waals surface area contributed by atoms with E-state index in [0.29, 0.717) is 24.1 Å². The van der Waals surface area contributed by atoms with Crippen LogP contribution in [0, 0.1) is 23.4 Å². The van der Waals surface area contributed by atoms with Crippen LogP contribution in [0.3, 0.4) is 0 Å². The summed E-state index contributed by atoms with van der Waals surface area (Å²) in [6, 6.07) is 5.51. The molecule has 7 heteroatoms. The summed E-state index contributed by atoms with van der Waals surface area (Å²) in [6.45, 7) is 2.38. The molecule has 1 fully saturated rings. The van der Waals surface area contributed by atoms with Gasteiger partial charge in [-0.05, 0) is 36.6 Å². The average molecular weight is 338 g/mol. The van der Waals surface area contributed by atoms with Crippen molar-refractivity contribution < 1.29 is 22.4 Å². The maximum Gasteiger partial charge on any atom is 0.238 e. The smallest absolute Gasteiger partial charge is 0.238 e. The van der Waals surface area contributed by atoms with Crippen LogP contribution in [0.5, 0.6) is 0 Å². The molecule has 128 valence electrons. The van der Waals surface area contributed by atoms with Gasteiger partial charge < -0.3 is 15.1 Å². The van der Waals surface area contributed by atoms with E-state index in [1.807, 2.05) is 12.1 Å². The van der Waals surface area contributed by atoms with E-state index in [1.54, 1.807) is 0 Å². The maximum atomic E-state index is 13.5. The zero-order valence-corrected chi connectivity index (χ0v) is 13.0. The lowest BCUT2D eigenvalue weighted by Gasteiger charge is -2.07. The molecule has 0 bridgehead atoms. The summed E-state index contributed by atoms with van der Waals surface area (Å²) < 4.78 is 45.1. The summed E-state index contributed by atoms with van der Waals surface area (Å²) in [5, 5.41) is 5.05. The van der Waals surface area contributed by atoms with Gasteiger partial charge in [-0.3, -0.25) is 4.79 Å². The van der Waals surface area contributed by atoms with E-state index in [1.165, 1.54) is 0 Å². The standard InChI is InChI=1S/C17H17F3N2O2/c1-9-6-11(9)14-5-2-10(24-14)7-21-8-15(23)22-13-4-3-12(18)16(19)17(13)20/h2-5,9,11,21H,6-8H2,1H3,(H,22,23). The van der Waals surface area contributed by atoms with Gasteiger partial charge in [-0.1, -0.05) is 6.92 Å². The molecule has 1 saturated carbocycles. The van der Waals surface area contributed by atoms with Gasteiger partial charge in [0.15, 0.2) is 17.5 Å². The zero-order valence-electron chi connectivity index (χ0n) is 13.0. The number of amides is 1. The summed E-state index contributed by atoms with van der Waals surface area (Å²) in [6.07, 6.45) is 1.13. The predicted octanol–water partition coefficient (Wildman–Crippen LogP) is 3.55. The highest BCUT2D eigenvalue weighted by Gasteiger charge is 2.36. The van der Waals surface area contributed by atoms with Crippen molar-refractivity contribution in [3.8, 4) is 0 Å². The molecule has 1 amide bonds. The Morgan fingerprint density at radius 2 is 1.96 bits per heavy atom. The first-order chi connectivity index (χ1) is 11.5. The van der Waals surface area contributed by atoms with Gasteiger partial charge in [0.25, 0.3) is 0 Å². The highest BCUT2D eigenvalue weighted by molar-refractivity contribution is 5.92. The first-order valence-corrected chi connectivity index (χ1v) is 7.68. The summed E-state index contributed by atoms with van der Waals surface area (Å²) in [7, 11) is 0. The number of carbonyl (C=O) groups is 1. The van der Waals surface area contributed by atoms with E-state index in [4.69, 9.17) is 4.42 Å². The second-order valence-corrected chi connectivity index (χ2v) is 6.00. The molecule has 1 aromatic heterocycles. The Morgan fingerprint density at radius 3 is 2.67 bits per heavy atom. The van der Waals surface area contributed by atoms with Crippen LogP contribution in [-0.4, -0.2) is 12.5 Å². The Balaban J connectivity index is 1.47. The first kappa shape index (κ1) is 16.6. The lowest BCUT2D eigenvalue weighted by atomic mass is 10.2. The number of hydrogen-bond donors (Lipinski definition) is 2. The van der Waals surface area contributed by atoms with E-state index < -0.39 is 29.0 Å². The molecular formula is C17H17F3N2O2. The molecular weight excluding hydrogens is 321 g/mol. The molecule has 2 atom stereocenters. The Kier molecular flexibility index (Phi) is 4.62. The van der Waals surface area contributed by atoms with Crippen LogP contribution < -0.4 is 10.6 Å². The molecule has 1 aliphatic rings. The number of halogens is 3. The van der Waals surface area contributed by atoms with Crippen molar-refractivity contribution in [3.63, 3.8) is 0 Å². The van der Waals surface area contributed by atoms with Crippen LogP contribution in [0.25, 0.3) is 0 Å². The molecule has 1 heterocycles. The van der Waals surface area contributed by atoms with Crippen LogP contribution in [0.2, 0.25) is 0 Å². The Labute approximate surface area is 137 Å². The molecule has 2 aromatic rings. The number of hydrogen-bond acceptors (Lipinski definition) is 3. The number of anilines is 1. The van der Waals surface area contributed by atoms with Gasteiger partial charge in [0.1, 0.15) is 11.5 Å². The molecule has 2 unspecified atom stereocenters. The van der Waals surface area contributed by atoms with Crippen molar-refractivity contribution in [1.29, 1.82) is 0 Å². The molecule has 1 aromatic carbocycles. The molecule has 0 radical (unpaired) electrons. The number of nitrogens with one attached hydrogen (secondary N) is 2. The van der Waals surface area contributed by atoms with Crippen molar-refractivity contribution >= 4 is 11.6 Å². The lowest BCUT2D eigenvalue weighted by molar-refractivity contribution is -0.115. The summed E-state index contributed by atoms with van der Waals surface area (Å²) in [4.78, 5) is 11.7. The third kappa shape index (κ3) is 3.62. The van der Waals surface area contributed by atoms with E-state index >= 15 is 0 Å². The number of carbonyl (C=O) groups excluding carboxylic acids is 1. The second-order valence-electron chi connectivity index (χ2n) is 6.00. The monoisotopic (exact) mass is 338 g/mol. The fourth-order valence-corrected chi connectivity index (χ4v) is 2.52. The number of benzene rings is 1. The SMILES string of the molecule is CC1CC1c1ccc(CNCC(=O)Nc2ccc(F)c(F)c2F)o1. The summed E-state index contributed by atoms with van der Waals surface area (Å²) in [5.74, 6) is -2.11. The lowest BCUT2D eigenvalue weighted by Crippen LogP contribution is -2.28. The minimum atomic E-state index is -1.61. The molecule has 3 rings (SSSR count). The maximum absolute atomic E-state index is 13.5. The molecule has 0 spiro atoms. The largest absolute Gasteiger partial charge is 0.464 e. The second kappa shape index (κ2) is 6.68. The van der Waals surface area contributed by atoms with Gasteiger partial charge in [0.05, 0.1) is 18.8 Å². The topological polar surface area (TPSA) is 54.3 Å². The Hall–Kier alpha value is -2.28. The highest BCUT2D eigenvalue weighted by Crippen LogP contribution is 2.47. The molecule has 24 heavy (non-hydrogen) atoms. The third-order valence-corrected chi connectivity index (χ3v) is 4.05. The van der Waals surface area contributed by atoms with E-state index in [2.05, 4.69) is 17.6 Å². The third-order valence-electron chi connectivity index (χ3n) is 4.05. The van der Waals surface area contributed by atoms with Crippen LogP contribution >= 0.6 is 0 Å². The molecule has 2 N–H and O–H groups in total.